The van der Waals surface area contributed by atoms with E-state index in [1.54, 1.807) is 48.3 Å². The first-order valence-electron chi connectivity index (χ1n) is 7.98. The third-order valence-electron chi connectivity index (χ3n) is 4.11. The van der Waals surface area contributed by atoms with Gasteiger partial charge in [-0.3, -0.25) is 9.48 Å². The zero-order valence-electron chi connectivity index (χ0n) is 14.2. The van der Waals surface area contributed by atoms with Crippen molar-refractivity contribution in [3.05, 3.63) is 65.0 Å². The van der Waals surface area contributed by atoms with E-state index in [0.29, 0.717) is 38.8 Å². The summed E-state index contributed by atoms with van der Waals surface area (Å²) in [5, 5.41) is 8.43. The predicted octanol–water partition coefficient (Wildman–Crippen LogP) is 4.44. The number of nitrogens with one attached hydrogen (secondary N) is 1. The fourth-order valence-electron chi connectivity index (χ4n) is 2.93. The molecule has 0 spiro atoms. The maximum absolute atomic E-state index is 13.0. The Bertz CT molecular complexity index is 1120. The number of benzene rings is 1. The average molecular weight is 367 g/mol. The number of pyridine rings is 1. The lowest BCUT2D eigenvalue weighted by Crippen LogP contribution is -2.13. The van der Waals surface area contributed by atoms with Crippen molar-refractivity contribution in [3.8, 4) is 11.5 Å². The second-order valence-electron chi connectivity index (χ2n) is 5.87. The van der Waals surface area contributed by atoms with Crippen molar-refractivity contribution < 1.29 is 9.21 Å². The SMILES string of the molecule is Cc1nn(C)c2nc(-c3ccco3)cc(C(=O)Nc3ccccc3Cl)c12. The molecule has 1 aromatic carbocycles. The van der Waals surface area contributed by atoms with E-state index < -0.39 is 0 Å². The van der Waals surface area contributed by atoms with Crippen LogP contribution in [0.1, 0.15) is 16.1 Å². The summed E-state index contributed by atoms with van der Waals surface area (Å²) < 4.78 is 7.10. The molecule has 4 aromatic rings. The first kappa shape index (κ1) is 16.4. The quantitative estimate of drug-likeness (QED) is 0.581. The number of hydrogen-bond donors (Lipinski definition) is 1. The smallest absolute Gasteiger partial charge is 0.256 e. The molecule has 0 saturated heterocycles. The van der Waals surface area contributed by atoms with Gasteiger partial charge < -0.3 is 9.73 Å². The molecule has 0 atom stereocenters. The van der Waals surface area contributed by atoms with Gasteiger partial charge in [-0.15, -0.1) is 0 Å². The van der Waals surface area contributed by atoms with Crippen molar-refractivity contribution in [1.82, 2.24) is 14.8 Å². The van der Waals surface area contributed by atoms with Gasteiger partial charge in [-0.2, -0.15) is 5.10 Å². The van der Waals surface area contributed by atoms with Crippen LogP contribution in [0.4, 0.5) is 5.69 Å². The summed E-state index contributed by atoms with van der Waals surface area (Å²) in [7, 11) is 1.80. The highest BCUT2D eigenvalue weighted by Gasteiger charge is 2.20. The topological polar surface area (TPSA) is 73.0 Å². The minimum Gasteiger partial charge on any atom is -0.463 e. The average Bonchev–Trinajstić information content (AvgIpc) is 3.25. The predicted molar refractivity (Wildman–Crippen MR) is 100 cm³/mol. The van der Waals surface area contributed by atoms with Crippen LogP contribution >= 0.6 is 11.6 Å². The molecule has 0 fully saturated rings. The Kier molecular flexibility index (Phi) is 3.97. The molecule has 3 aromatic heterocycles. The molecule has 0 bridgehead atoms. The standard InChI is InChI=1S/C19H15ClN4O2/c1-11-17-12(19(25)22-14-7-4-3-6-13(14)20)10-15(16-8-5-9-26-16)21-18(17)24(2)23-11/h3-10H,1-2H3,(H,22,25). The molecule has 1 amide bonds. The second kappa shape index (κ2) is 6.31. The lowest BCUT2D eigenvalue weighted by molar-refractivity contribution is 0.102. The number of amides is 1. The van der Waals surface area contributed by atoms with Crippen molar-refractivity contribution in [3.63, 3.8) is 0 Å². The highest BCUT2D eigenvalue weighted by molar-refractivity contribution is 6.34. The molecule has 0 aliphatic rings. The zero-order valence-corrected chi connectivity index (χ0v) is 14.9. The molecule has 26 heavy (non-hydrogen) atoms. The van der Waals surface area contributed by atoms with Gasteiger partial charge in [0.2, 0.25) is 0 Å². The summed E-state index contributed by atoms with van der Waals surface area (Å²) in [6.07, 6.45) is 1.57. The number of para-hydroxylation sites is 1. The first-order valence-corrected chi connectivity index (χ1v) is 8.36. The number of hydrogen-bond acceptors (Lipinski definition) is 4. The summed E-state index contributed by atoms with van der Waals surface area (Å²) in [5.41, 5.74) is 2.91. The van der Waals surface area contributed by atoms with E-state index in [1.807, 2.05) is 19.1 Å². The van der Waals surface area contributed by atoms with Crippen molar-refractivity contribution >= 4 is 34.2 Å². The minimum atomic E-state index is -0.283. The Balaban J connectivity index is 1.87. The van der Waals surface area contributed by atoms with Crippen LogP contribution in [-0.2, 0) is 7.05 Å². The van der Waals surface area contributed by atoms with Gasteiger partial charge in [0, 0.05) is 7.05 Å². The van der Waals surface area contributed by atoms with E-state index in [0.717, 1.165) is 5.69 Å². The normalized spacial score (nSPS) is 11.0. The van der Waals surface area contributed by atoms with E-state index in [1.165, 1.54) is 0 Å². The van der Waals surface area contributed by atoms with Gasteiger partial charge in [0.1, 0.15) is 5.69 Å². The molecule has 3 heterocycles. The van der Waals surface area contributed by atoms with E-state index in [9.17, 15) is 4.79 Å². The fourth-order valence-corrected chi connectivity index (χ4v) is 3.11. The summed E-state index contributed by atoms with van der Waals surface area (Å²) in [5.74, 6) is 0.298. The second-order valence-corrected chi connectivity index (χ2v) is 6.28. The summed E-state index contributed by atoms with van der Waals surface area (Å²) in [6.45, 7) is 1.85. The van der Waals surface area contributed by atoms with Gasteiger partial charge in [0.15, 0.2) is 11.4 Å². The Hall–Kier alpha value is -3.12. The van der Waals surface area contributed by atoms with Gasteiger partial charge in [0.05, 0.1) is 33.6 Å². The van der Waals surface area contributed by atoms with Crippen molar-refractivity contribution in [2.24, 2.45) is 7.05 Å². The van der Waals surface area contributed by atoms with E-state index >= 15 is 0 Å². The van der Waals surface area contributed by atoms with Crippen LogP contribution in [0.25, 0.3) is 22.5 Å². The van der Waals surface area contributed by atoms with Crippen LogP contribution in [0, 0.1) is 6.92 Å². The van der Waals surface area contributed by atoms with E-state index in [2.05, 4.69) is 15.4 Å². The lowest BCUT2D eigenvalue weighted by Gasteiger charge is -2.09. The highest BCUT2D eigenvalue weighted by Crippen LogP contribution is 2.28. The van der Waals surface area contributed by atoms with Gasteiger partial charge in [-0.1, -0.05) is 23.7 Å². The summed E-state index contributed by atoms with van der Waals surface area (Å²) >= 11 is 6.16. The van der Waals surface area contributed by atoms with Crippen molar-refractivity contribution in [2.45, 2.75) is 6.92 Å². The van der Waals surface area contributed by atoms with Crippen LogP contribution in [0.2, 0.25) is 5.02 Å². The largest absolute Gasteiger partial charge is 0.463 e. The molecule has 7 heteroatoms. The Morgan fingerprint density at radius 1 is 1.23 bits per heavy atom. The Labute approximate surface area is 154 Å². The van der Waals surface area contributed by atoms with Crippen LogP contribution in [-0.4, -0.2) is 20.7 Å². The third-order valence-corrected chi connectivity index (χ3v) is 4.44. The molecule has 0 radical (unpaired) electrons. The zero-order chi connectivity index (χ0) is 18.3. The molecule has 0 aliphatic heterocycles. The van der Waals surface area contributed by atoms with Crippen molar-refractivity contribution in [1.29, 1.82) is 0 Å². The number of aryl methyl sites for hydroxylation is 2. The maximum atomic E-state index is 13.0. The van der Waals surface area contributed by atoms with E-state index in [-0.39, 0.29) is 5.91 Å². The Morgan fingerprint density at radius 2 is 2.04 bits per heavy atom. The van der Waals surface area contributed by atoms with Crippen LogP contribution < -0.4 is 5.32 Å². The molecule has 1 N–H and O–H groups in total. The van der Waals surface area contributed by atoms with Gasteiger partial charge in [0.25, 0.3) is 5.91 Å². The third kappa shape index (κ3) is 2.74. The number of furan rings is 1. The molecule has 6 nitrogen and oxygen atoms in total. The molecule has 130 valence electrons. The first-order chi connectivity index (χ1) is 12.5. The fraction of sp³-hybridized carbons (Fsp3) is 0.105. The van der Waals surface area contributed by atoms with Gasteiger partial charge in [-0.05, 0) is 37.3 Å². The maximum Gasteiger partial charge on any atom is 0.256 e. The summed E-state index contributed by atoms with van der Waals surface area (Å²) in [4.78, 5) is 17.6. The minimum absolute atomic E-state index is 0.283. The van der Waals surface area contributed by atoms with Crippen molar-refractivity contribution in [2.75, 3.05) is 5.32 Å². The lowest BCUT2D eigenvalue weighted by atomic mass is 10.1. The van der Waals surface area contributed by atoms with Gasteiger partial charge >= 0.3 is 0 Å². The van der Waals surface area contributed by atoms with Crippen LogP contribution in [0.3, 0.4) is 0 Å². The van der Waals surface area contributed by atoms with Crippen LogP contribution in [0.5, 0.6) is 0 Å². The number of aromatic nitrogens is 3. The number of carbonyl (C=O) groups excluding carboxylic acids is 1. The van der Waals surface area contributed by atoms with Gasteiger partial charge in [-0.25, -0.2) is 4.98 Å². The molecule has 4 rings (SSSR count). The number of anilines is 1. The monoisotopic (exact) mass is 366 g/mol. The number of carbonyl (C=O) groups is 1. The number of halogens is 1. The number of fused-ring (bicyclic) bond motifs is 1. The molecule has 0 saturated carbocycles. The summed E-state index contributed by atoms with van der Waals surface area (Å²) in [6, 6.07) is 12.4. The number of nitrogens with zero attached hydrogens (tertiary/aromatic N) is 3. The molecule has 0 aliphatic carbocycles. The van der Waals surface area contributed by atoms with E-state index in [4.69, 9.17) is 16.0 Å². The molecule has 0 unspecified atom stereocenters. The molecular weight excluding hydrogens is 352 g/mol. The Morgan fingerprint density at radius 3 is 2.77 bits per heavy atom. The van der Waals surface area contributed by atoms with Crippen LogP contribution in [0.15, 0.2) is 53.1 Å². The highest BCUT2D eigenvalue weighted by atomic mass is 35.5. The molecular formula is C19H15ClN4O2. The number of rotatable bonds is 3.